The van der Waals surface area contributed by atoms with Crippen LogP contribution in [0.25, 0.3) is 21.9 Å². The Kier molecular flexibility index (Phi) is 5.99. The fourth-order valence-electron chi connectivity index (χ4n) is 3.65. The lowest BCUT2D eigenvalue weighted by molar-refractivity contribution is -0.358. The molecule has 0 aliphatic heterocycles. The van der Waals surface area contributed by atoms with E-state index in [9.17, 15) is 13.2 Å². The third-order valence-electron chi connectivity index (χ3n) is 5.32. The van der Waals surface area contributed by atoms with Crippen molar-refractivity contribution in [2.24, 2.45) is 5.14 Å². The number of hydrogen-bond donors (Lipinski definition) is 3. The first kappa shape index (κ1) is 22.3. The van der Waals surface area contributed by atoms with E-state index in [1.54, 1.807) is 48.7 Å². The lowest BCUT2D eigenvalue weighted by atomic mass is 10.1. The van der Waals surface area contributed by atoms with Gasteiger partial charge >= 0.3 is 0 Å². The molecule has 3 aromatic carbocycles. The van der Waals surface area contributed by atoms with Crippen molar-refractivity contribution in [3.05, 3.63) is 79.0 Å². The van der Waals surface area contributed by atoms with E-state index in [-0.39, 0.29) is 17.3 Å². The standard InChI is InChI=1S/C24H23N5O3S/c1-29(19-11-8-17-12-13-27-24(25)21(17)14-19)15-23(30)28-18-9-6-16(7-10-18)20-4-2-3-5-22(20)33(26,31)32/h2-14H,15H2,1H3,(H2,25,27)(H,28,30)(H2,26,31,32)/p+1. The number of nitrogens with two attached hydrogens (primary N) is 2. The molecule has 33 heavy (non-hydrogen) atoms. The topological polar surface area (TPSA) is 133 Å². The van der Waals surface area contributed by atoms with E-state index in [2.05, 4.69) is 10.3 Å². The van der Waals surface area contributed by atoms with Crippen LogP contribution in [-0.4, -0.2) is 27.9 Å². The number of rotatable bonds is 6. The summed E-state index contributed by atoms with van der Waals surface area (Å²) in [7, 11) is -2.02. The second kappa shape index (κ2) is 8.89. The average Bonchev–Trinajstić information content (AvgIpc) is 2.79. The number of fused-ring (bicyclic) bond motifs is 1. The second-order valence-corrected chi connectivity index (χ2v) is 9.22. The first-order chi connectivity index (χ1) is 15.7. The van der Waals surface area contributed by atoms with Crippen molar-refractivity contribution < 1.29 is 18.2 Å². The number of pyridine rings is 1. The number of nitrogens with zero attached hydrogens (tertiary/aromatic N) is 1. The van der Waals surface area contributed by atoms with E-state index in [0.717, 1.165) is 16.5 Å². The molecule has 1 heterocycles. The maximum atomic E-state index is 12.6. The van der Waals surface area contributed by atoms with Crippen LogP contribution in [0.5, 0.6) is 0 Å². The van der Waals surface area contributed by atoms with Gasteiger partial charge in [-0.2, -0.15) is 0 Å². The molecule has 8 nitrogen and oxygen atoms in total. The van der Waals surface area contributed by atoms with Crippen LogP contribution in [0.15, 0.2) is 83.9 Å². The molecule has 0 saturated heterocycles. The highest BCUT2D eigenvalue weighted by molar-refractivity contribution is 7.89. The van der Waals surface area contributed by atoms with Gasteiger partial charge in [0.1, 0.15) is 0 Å². The summed E-state index contributed by atoms with van der Waals surface area (Å²) in [5.41, 5.74) is 8.67. The molecule has 168 valence electrons. The molecule has 0 aliphatic rings. The van der Waals surface area contributed by atoms with Crippen molar-refractivity contribution in [1.82, 2.24) is 0 Å². The number of nitrogens with one attached hydrogen (secondary N) is 2. The van der Waals surface area contributed by atoms with Crippen molar-refractivity contribution in [3.8, 4) is 11.1 Å². The van der Waals surface area contributed by atoms with Gasteiger partial charge in [-0.05, 0) is 47.3 Å². The van der Waals surface area contributed by atoms with E-state index in [4.69, 9.17) is 10.9 Å². The molecular weight excluding hydrogens is 438 g/mol. The number of likely N-dealkylation sites (N-methyl/N-ethyl adjacent to an activating group) is 1. The monoisotopic (exact) mass is 462 g/mol. The Morgan fingerprint density at radius 2 is 1.76 bits per heavy atom. The number of primary sulfonamides is 1. The van der Waals surface area contributed by atoms with E-state index >= 15 is 0 Å². The van der Waals surface area contributed by atoms with Crippen molar-refractivity contribution in [3.63, 3.8) is 0 Å². The summed E-state index contributed by atoms with van der Waals surface area (Å²) in [5.74, 6) is 0.374. The first-order valence-corrected chi connectivity index (χ1v) is 11.7. The van der Waals surface area contributed by atoms with E-state index in [1.807, 2.05) is 36.2 Å². The van der Waals surface area contributed by atoms with Crippen LogP contribution in [0, 0.1) is 0 Å². The number of nitrogen functional groups attached to an aromatic ring is 1. The minimum Gasteiger partial charge on any atom is -0.365 e. The summed E-state index contributed by atoms with van der Waals surface area (Å²) in [4.78, 5) is 17.5. The number of sulfonamides is 1. The number of aromatic nitrogens is 1. The highest BCUT2D eigenvalue weighted by Crippen LogP contribution is 2.28. The predicted molar refractivity (Wildman–Crippen MR) is 130 cm³/mol. The van der Waals surface area contributed by atoms with Crippen LogP contribution in [0.4, 0.5) is 17.2 Å². The van der Waals surface area contributed by atoms with Crippen molar-refractivity contribution >= 4 is 43.9 Å². The number of anilines is 3. The Hall–Kier alpha value is -3.95. The smallest absolute Gasteiger partial charge is 0.278 e. The Labute approximate surface area is 191 Å². The van der Waals surface area contributed by atoms with Crippen molar-refractivity contribution in [2.75, 3.05) is 29.5 Å². The molecular formula is C24H24N5O3S+. The van der Waals surface area contributed by atoms with Crippen LogP contribution in [0.3, 0.4) is 0 Å². The SMILES string of the molecule is CN(CC(=O)Nc1ccc(-c2ccccc2S(N)(=O)=O)cc1)c1ccc2cc[nH+]c(N)c2c1. The van der Waals surface area contributed by atoms with Gasteiger partial charge in [0.25, 0.3) is 5.82 Å². The lowest BCUT2D eigenvalue weighted by Crippen LogP contribution is -2.30. The number of hydrogen-bond acceptors (Lipinski definition) is 5. The highest BCUT2D eigenvalue weighted by atomic mass is 32.2. The van der Waals surface area contributed by atoms with Gasteiger partial charge in [-0.15, -0.1) is 0 Å². The van der Waals surface area contributed by atoms with Crippen molar-refractivity contribution in [2.45, 2.75) is 4.90 Å². The summed E-state index contributed by atoms with van der Waals surface area (Å²) in [6.45, 7) is 0.137. The Balaban J connectivity index is 1.46. The molecule has 9 heteroatoms. The predicted octanol–water partition coefficient (Wildman–Crippen LogP) is 2.63. The lowest BCUT2D eigenvalue weighted by Gasteiger charge is -2.19. The fourth-order valence-corrected chi connectivity index (χ4v) is 4.41. The van der Waals surface area contributed by atoms with Gasteiger partial charge in [-0.1, -0.05) is 36.4 Å². The number of carbonyl (C=O) groups is 1. The third kappa shape index (κ3) is 4.94. The molecule has 1 amide bonds. The molecule has 1 aromatic heterocycles. The molecule has 0 radical (unpaired) electrons. The maximum Gasteiger partial charge on any atom is 0.278 e. The van der Waals surface area contributed by atoms with Gasteiger partial charge < -0.3 is 10.2 Å². The summed E-state index contributed by atoms with van der Waals surface area (Å²) in [6, 6.07) is 21.2. The minimum atomic E-state index is -3.85. The second-order valence-electron chi connectivity index (χ2n) is 7.69. The maximum absolute atomic E-state index is 12.6. The van der Waals surface area contributed by atoms with Crippen LogP contribution < -0.4 is 26.1 Å². The largest absolute Gasteiger partial charge is 0.365 e. The Morgan fingerprint density at radius 3 is 2.48 bits per heavy atom. The molecule has 0 spiro atoms. The molecule has 0 bridgehead atoms. The fraction of sp³-hybridized carbons (Fsp3) is 0.0833. The summed E-state index contributed by atoms with van der Waals surface area (Å²) in [5, 5.41) is 10.1. The number of amides is 1. The summed E-state index contributed by atoms with van der Waals surface area (Å²) in [6.07, 6.45) is 1.79. The van der Waals surface area contributed by atoms with Gasteiger partial charge in [-0.3, -0.25) is 10.5 Å². The van der Waals surface area contributed by atoms with Crippen LogP contribution >= 0.6 is 0 Å². The molecule has 4 rings (SSSR count). The summed E-state index contributed by atoms with van der Waals surface area (Å²) < 4.78 is 23.7. The van der Waals surface area contributed by atoms with E-state index in [0.29, 0.717) is 22.6 Å². The minimum absolute atomic E-state index is 0.0528. The highest BCUT2D eigenvalue weighted by Gasteiger charge is 2.15. The van der Waals surface area contributed by atoms with E-state index in [1.165, 1.54) is 6.07 Å². The van der Waals surface area contributed by atoms with Crippen LogP contribution in [-0.2, 0) is 14.8 Å². The molecule has 6 N–H and O–H groups in total. The Morgan fingerprint density at radius 1 is 1.03 bits per heavy atom. The third-order valence-corrected chi connectivity index (χ3v) is 6.29. The normalized spacial score (nSPS) is 11.3. The molecule has 0 fully saturated rings. The van der Waals surface area contributed by atoms with Crippen LogP contribution in [0.1, 0.15) is 0 Å². The van der Waals surface area contributed by atoms with E-state index < -0.39 is 10.0 Å². The zero-order chi connectivity index (χ0) is 23.6. The quantitative estimate of drug-likeness (QED) is 0.405. The first-order valence-electron chi connectivity index (χ1n) is 10.2. The van der Waals surface area contributed by atoms with Crippen molar-refractivity contribution in [1.29, 1.82) is 0 Å². The number of H-pyrrole nitrogens is 1. The number of benzene rings is 3. The zero-order valence-corrected chi connectivity index (χ0v) is 18.8. The average molecular weight is 463 g/mol. The number of carbonyl (C=O) groups excluding carboxylic acids is 1. The van der Waals surface area contributed by atoms with Gasteiger partial charge in [-0.25, -0.2) is 18.5 Å². The van der Waals surface area contributed by atoms with Gasteiger partial charge in [0.2, 0.25) is 15.9 Å². The summed E-state index contributed by atoms with van der Waals surface area (Å²) >= 11 is 0. The van der Waals surface area contributed by atoms with Gasteiger partial charge in [0, 0.05) is 24.0 Å². The number of aromatic amines is 1. The van der Waals surface area contributed by atoms with Gasteiger partial charge in [0.05, 0.1) is 23.0 Å². The molecule has 0 saturated carbocycles. The van der Waals surface area contributed by atoms with Gasteiger partial charge in [0.15, 0.2) is 0 Å². The van der Waals surface area contributed by atoms with Crippen LogP contribution in [0.2, 0.25) is 0 Å². The zero-order valence-electron chi connectivity index (χ0n) is 17.9. The Bertz CT molecular complexity index is 1440. The molecule has 0 aliphatic carbocycles. The molecule has 4 aromatic rings. The molecule has 0 unspecified atom stereocenters. The molecule has 0 atom stereocenters.